The van der Waals surface area contributed by atoms with E-state index in [9.17, 15) is 14.4 Å². The maximum Gasteiger partial charge on any atom is 0.258 e. The summed E-state index contributed by atoms with van der Waals surface area (Å²) in [5.74, 6) is -1.69. The van der Waals surface area contributed by atoms with Gasteiger partial charge < -0.3 is 11.1 Å². The molecule has 10 heteroatoms. The Hall–Kier alpha value is -2.28. The first-order chi connectivity index (χ1) is 14.6. The van der Waals surface area contributed by atoms with Crippen molar-refractivity contribution in [3.05, 3.63) is 89.3 Å². The van der Waals surface area contributed by atoms with Crippen LogP contribution in [0, 0.1) is 0 Å². The van der Waals surface area contributed by atoms with Crippen LogP contribution < -0.4 is 11.1 Å². The molecule has 0 spiro atoms. The molecule has 0 heterocycles. The summed E-state index contributed by atoms with van der Waals surface area (Å²) in [5, 5.41) is 1.73. The van der Waals surface area contributed by atoms with Crippen LogP contribution in [-0.2, 0) is 0 Å². The fraction of sp³-hybridized carbons (Fsp3) is 0. The smallest absolute Gasteiger partial charge is 0.258 e. The monoisotopic (exact) mass is 512 g/mol. The zero-order valence-electron chi connectivity index (χ0n) is 15.2. The lowest BCUT2D eigenvalue weighted by Gasteiger charge is -2.22. The SMILES string of the molecule is Nc1ccc(NC(=O)c2c(Cl)c(Cl)c(Cl)c(Cl)c2Cl)c2c1C(=O)c1ccccc1C2=O. The molecule has 31 heavy (non-hydrogen) atoms. The Morgan fingerprint density at radius 1 is 0.710 bits per heavy atom. The summed E-state index contributed by atoms with van der Waals surface area (Å²) in [5.41, 5.74) is 6.32. The number of amides is 1. The third kappa shape index (κ3) is 3.37. The lowest BCUT2D eigenvalue weighted by Crippen LogP contribution is -2.25. The van der Waals surface area contributed by atoms with Crippen molar-refractivity contribution in [3.8, 4) is 0 Å². The molecule has 0 fully saturated rings. The molecule has 3 N–H and O–H groups in total. The van der Waals surface area contributed by atoms with Crippen LogP contribution in [0.25, 0.3) is 0 Å². The number of benzene rings is 3. The van der Waals surface area contributed by atoms with Gasteiger partial charge in [-0.25, -0.2) is 0 Å². The van der Waals surface area contributed by atoms with Gasteiger partial charge in [0.25, 0.3) is 5.91 Å². The van der Waals surface area contributed by atoms with E-state index in [1.165, 1.54) is 18.2 Å². The standard InChI is InChI=1S/C21H9Cl5N2O3/c22-14-13(15(23)17(25)18(26)16(14)24)21(31)28-10-6-5-9(27)11-12(10)20(30)8-4-2-1-3-7(8)19(11)29/h1-6H,27H2,(H,28,31). The Kier molecular flexibility index (Phi) is 5.66. The summed E-state index contributed by atoms with van der Waals surface area (Å²) >= 11 is 30.4. The van der Waals surface area contributed by atoms with Crippen molar-refractivity contribution in [1.82, 2.24) is 0 Å². The van der Waals surface area contributed by atoms with Gasteiger partial charge in [-0.15, -0.1) is 0 Å². The first kappa shape index (κ1) is 21.9. The number of hydrogen-bond donors (Lipinski definition) is 2. The number of anilines is 2. The number of rotatable bonds is 2. The summed E-state index contributed by atoms with van der Waals surface area (Å²) in [4.78, 5) is 39.1. The minimum absolute atomic E-state index is 0.00543. The van der Waals surface area contributed by atoms with Gasteiger partial charge in [0, 0.05) is 16.8 Å². The lowest BCUT2D eigenvalue weighted by molar-refractivity contribution is 0.0979. The average Bonchev–Trinajstić information content (AvgIpc) is 2.76. The van der Waals surface area contributed by atoms with Crippen molar-refractivity contribution in [1.29, 1.82) is 0 Å². The summed E-state index contributed by atoms with van der Waals surface area (Å²) in [6.07, 6.45) is 0. The molecule has 0 atom stereocenters. The van der Waals surface area contributed by atoms with E-state index < -0.39 is 17.5 Å². The van der Waals surface area contributed by atoms with Gasteiger partial charge >= 0.3 is 0 Å². The third-order valence-corrected chi connectivity index (χ3v) is 7.07. The van der Waals surface area contributed by atoms with Crippen molar-refractivity contribution in [2.75, 3.05) is 11.1 Å². The van der Waals surface area contributed by atoms with E-state index in [1.54, 1.807) is 18.2 Å². The van der Waals surface area contributed by atoms with Gasteiger partial charge in [-0.05, 0) is 12.1 Å². The van der Waals surface area contributed by atoms with Crippen molar-refractivity contribution >= 4 is 86.9 Å². The lowest BCUT2D eigenvalue weighted by atomic mass is 9.82. The molecule has 0 radical (unpaired) electrons. The Bertz CT molecular complexity index is 1310. The number of nitrogens with two attached hydrogens (primary N) is 1. The van der Waals surface area contributed by atoms with Gasteiger partial charge in [0.1, 0.15) is 0 Å². The van der Waals surface area contributed by atoms with E-state index in [1.807, 2.05) is 0 Å². The molecular weight excluding hydrogens is 506 g/mol. The van der Waals surface area contributed by atoms with Crippen LogP contribution in [0.1, 0.15) is 42.2 Å². The topological polar surface area (TPSA) is 89.3 Å². The minimum atomic E-state index is -0.804. The number of ketones is 2. The molecule has 1 aliphatic carbocycles. The zero-order valence-corrected chi connectivity index (χ0v) is 18.9. The zero-order chi connectivity index (χ0) is 22.6. The number of nitrogen functional groups attached to an aromatic ring is 1. The van der Waals surface area contributed by atoms with E-state index in [0.29, 0.717) is 0 Å². The van der Waals surface area contributed by atoms with Crippen LogP contribution in [0.5, 0.6) is 0 Å². The van der Waals surface area contributed by atoms with Crippen molar-refractivity contribution in [2.45, 2.75) is 0 Å². The second kappa shape index (κ2) is 8.01. The highest BCUT2D eigenvalue weighted by Crippen LogP contribution is 2.44. The first-order valence-corrected chi connectivity index (χ1v) is 10.5. The van der Waals surface area contributed by atoms with Crippen molar-refractivity contribution in [2.24, 2.45) is 0 Å². The molecule has 0 aliphatic heterocycles. The fourth-order valence-electron chi connectivity index (χ4n) is 3.34. The van der Waals surface area contributed by atoms with Gasteiger partial charge in [0.2, 0.25) is 0 Å². The number of fused-ring (bicyclic) bond motifs is 2. The van der Waals surface area contributed by atoms with Crippen LogP contribution >= 0.6 is 58.0 Å². The Labute approximate surface area is 201 Å². The van der Waals surface area contributed by atoms with E-state index in [-0.39, 0.29) is 64.3 Å². The number of halogens is 5. The normalized spacial score (nSPS) is 12.4. The van der Waals surface area contributed by atoms with Crippen LogP contribution in [-0.4, -0.2) is 17.5 Å². The molecule has 5 nitrogen and oxygen atoms in total. The molecule has 1 amide bonds. The van der Waals surface area contributed by atoms with E-state index in [2.05, 4.69) is 5.32 Å². The van der Waals surface area contributed by atoms with Crippen molar-refractivity contribution < 1.29 is 14.4 Å². The number of carbonyl (C=O) groups is 3. The first-order valence-electron chi connectivity index (χ1n) is 8.58. The second-order valence-corrected chi connectivity index (χ2v) is 8.45. The minimum Gasteiger partial charge on any atom is -0.398 e. The highest BCUT2D eigenvalue weighted by atomic mass is 35.5. The van der Waals surface area contributed by atoms with Crippen LogP contribution in [0.2, 0.25) is 25.1 Å². The second-order valence-electron chi connectivity index (χ2n) is 6.56. The summed E-state index contributed by atoms with van der Waals surface area (Å²) in [6.45, 7) is 0. The van der Waals surface area contributed by atoms with E-state index >= 15 is 0 Å². The van der Waals surface area contributed by atoms with Gasteiger partial charge in [0.05, 0.1) is 47.5 Å². The summed E-state index contributed by atoms with van der Waals surface area (Å²) in [7, 11) is 0. The molecular formula is C21H9Cl5N2O3. The van der Waals surface area contributed by atoms with E-state index in [4.69, 9.17) is 63.7 Å². The van der Waals surface area contributed by atoms with Gasteiger partial charge in [0.15, 0.2) is 11.6 Å². The summed E-state index contributed by atoms with van der Waals surface area (Å²) in [6, 6.07) is 9.18. The van der Waals surface area contributed by atoms with Crippen LogP contribution in [0.15, 0.2) is 36.4 Å². The van der Waals surface area contributed by atoms with Crippen LogP contribution in [0.4, 0.5) is 11.4 Å². The molecule has 3 aromatic carbocycles. The molecule has 0 unspecified atom stereocenters. The Morgan fingerprint density at radius 3 is 1.74 bits per heavy atom. The predicted octanol–water partition coefficient (Wildman–Crippen LogP) is 6.56. The molecule has 3 aromatic rings. The molecule has 156 valence electrons. The Morgan fingerprint density at radius 2 is 1.19 bits per heavy atom. The molecule has 0 saturated heterocycles. The maximum atomic E-state index is 13.2. The largest absolute Gasteiger partial charge is 0.398 e. The predicted molar refractivity (Wildman–Crippen MR) is 124 cm³/mol. The van der Waals surface area contributed by atoms with Gasteiger partial charge in [-0.2, -0.15) is 0 Å². The average molecular weight is 515 g/mol. The molecule has 0 bridgehead atoms. The van der Waals surface area contributed by atoms with Gasteiger partial charge in [-0.3, -0.25) is 14.4 Å². The highest BCUT2D eigenvalue weighted by Gasteiger charge is 2.34. The number of carbonyl (C=O) groups excluding carboxylic acids is 3. The summed E-state index contributed by atoms with van der Waals surface area (Å²) < 4.78 is 0. The third-order valence-electron chi connectivity index (χ3n) is 4.79. The highest BCUT2D eigenvalue weighted by molar-refractivity contribution is 6.56. The fourth-order valence-corrected chi connectivity index (χ4v) is 4.65. The molecule has 0 aromatic heterocycles. The molecule has 1 aliphatic rings. The molecule has 0 saturated carbocycles. The van der Waals surface area contributed by atoms with Gasteiger partial charge in [-0.1, -0.05) is 82.3 Å². The van der Waals surface area contributed by atoms with Crippen molar-refractivity contribution in [3.63, 3.8) is 0 Å². The number of hydrogen-bond acceptors (Lipinski definition) is 4. The van der Waals surface area contributed by atoms with Crippen LogP contribution in [0.3, 0.4) is 0 Å². The quantitative estimate of drug-likeness (QED) is 0.180. The van der Waals surface area contributed by atoms with E-state index in [0.717, 1.165) is 0 Å². The number of nitrogens with one attached hydrogen (secondary N) is 1. The Balaban J connectivity index is 1.85. The maximum absolute atomic E-state index is 13.2. The molecule has 4 rings (SSSR count).